The molecule has 0 unspecified atom stereocenters. The number of anilines is 2. The largest absolute Gasteiger partial charge is 0.411 e. The number of morpholine rings is 1. The summed E-state index contributed by atoms with van der Waals surface area (Å²) in [4.78, 5) is 17.9. The van der Waals surface area contributed by atoms with E-state index in [1.807, 2.05) is 13.8 Å². The minimum atomic E-state index is -4.45. The molecule has 6 nitrogen and oxygen atoms in total. The third-order valence-corrected chi connectivity index (χ3v) is 3.27. The second-order valence-corrected chi connectivity index (χ2v) is 5.72. The molecule has 1 saturated heterocycles. The molecule has 1 amide bonds. The summed E-state index contributed by atoms with van der Waals surface area (Å²) in [6.07, 6.45) is -2.79. The van der Waals surface area contributed by atoms with Gasteiger partial charge in [-0.05, 0) is 26.0 Å². The Labute approximate surface area is 137 Å². The van der Waals surface area contributed by atoms with Crippen molar-refractivity contribution in [2.45, 2.75) is 32.2 Å². The molecular weight excluding hydrogens is 327 g/mol. The van der Waals surface area contributed by atoms with E-state index in [9.17, 15) is 18.0 Å². The quantitative estimate of drug-likeness (QED) is 0.885. The third kappa shape index (κ3) is 5.97. The summed E-state index contributed by atoms with van der Waals surface area (Å²) in [5.41, 5.74) is 0.397. The number of nitrogens with one attached hydrogen (secondary N) is 1. The first kappa shape index (κ1) is 18.5. The van der Waals surface area contributed by atoms with Crippen LogP contribution in [0.4, 0.5) is 24.7 Å². The van der Waals surface area contributed by atoms with Crippen LogP contribution in [0.3, 0.4) is 0 Å². The number of pyridine rings is 1. The minimum absolute atomic E-state index is 0.0979. The van der Waals surface area contributed by atoms with Gasteiger partial charge in [0.05, 0.1) is 24.1 Å². The number of amides is 1. The summed E-state index contributed by atoms with van der Waals surface area (Å²) in [5, 5.41) is 2.44. The van der Waals surface area contributed by atoms with E-state index in [4.69, 9.17) is 4.74 Å². The van der Waals surface area contributed by atoms with E-state index in [0.29, 0.717) is 18.8 Å². The second-order valence-electron chi connectivity index (χ2n) is 5.72. The summed E-state index contributed by atoms with van der Waals surface area (Å²) in [7, 11) is 0. The Bertz CT molecular complexity index is 541. The van der Waals surface area contributed by atoms with Crippen LogP contribution in [-0.2, 0) is 14.3 Å². The van der Waals surface area contributed by atoms with Gasteiger partial charge in [-0.2, -0.15) is 13.2 Å². The number of rotatable bonds is 5. The number of ether oxygens (including phenoxy) is 2. The maximum atomic E-state index is 11.9. The van der Waals surface area contributed by atoms with Crippen LogP contribution in [0, 0.1) is 0 Å². The molecule has 9 heteroatoms. The van der Waals surface area contributed by atoms with Gasteiger partial charge in [0.2, 0.25) is 5.91 Å². The Morgan fingerprint density at radius 3 is 2.58 bits per heavy atom. The molecule has 1 fully saturated rings. The number of hydrogen-bond acceptors (Lipinski definition) is 5. The summed E-state index contributed by atoms with van der Waals surface area (Å²) in [6, 6.07) is 3.39. The van der Waals surface area contributed by atoms with Crippen molar-refractivity contribution >= 4 is 17.4 Å². The van der Waals surface area contributed by atoms with Crippen molar-refractivity contribution in [3.63, 3.8) is 0 Å². The SMILES string of the molecule is C[C@@H]1CN(c2ccc(NC(=O)COCC(F)(F)F)cn2)C[C@@H](C)O1. The molecule has 1 aliphatic rings. The fourth-order valence-corrected chi connectivity index (χ4v) is 2.47. The molecule has 2 atom stereocenters. The molecule has 134 valence electrons. The van der Waals surface area contributed by atoms with Crippen molar-refractivity contribution in [3.8, 4) is 0 Å². The first-order valence-electron chi connectivity index (χ1n) is 7.54. The van der Waals surface area contributed by atoms with Gasteiger partial charge < -0.3 is 19.7 Å². The summed E-state index contributed by atoms with van der Waals surface area (Å²) in [5.74, 6) is 0.0886. The topological polar surface area (TPSA) is 63.7 Å². The van der Waals surface area contributed by atoms with E-state index in [1.165, 1.54) is 6.20 Å². The van der Waals surface area contributed by atoms with Gasteiger partial charge in [-0.25, -0.2) is 4.98 Å². The molecule has 0 radical (unpaired) electrons. The summed E-state index contributed by atoms with van der Waals surface area (Å²) >= 11 is 0. The fraction of sp³-hybridized carbons (Fsp3) is 0.600. The first-order chi connectivity index (χ1) is 11.2. The maximum absolute atomic E-state index is 11.9. The van der Waals surface area contributed by atoms with Crippen LogP contribution >= 0.6 is 0 Å². The van der Waals surface area contributed by atoms with E-state index in [2.05, 4.69) is 19.9 Å². The third-order valence-electron chi connectivity index (χ3n) is 3.27. The molecule has 24 heavy (non-hydrogen) atoms. The average molecular weight is 347 g/mol. The molecule has 2 heterocycles. The van der Waals surface area contributed by atoms with Crippen LogP contribution in [0.5, 0.6) is 0 Å². The molecule has 0 aromatic carbocycles. The minimum Gasteiger partial charge on any atom is -0.372 e. The van der Waals surface area contributed by atoms with Crippen molar-refractivity contribution in [2.24, 2.45) is 0 Å². The normalized spacial score (nSPS) is 21.6. The lowest BCUT2D eigenvalue weighted by Crippen LogP contribution is -2.45. The zero-order chi connectivity index (χ0) is 17.7. The average Bonchev–Trinajstić information content (AvgIpc) is 2.45. The predicted octanol–water partition coefficient (Wildman–Crippen LogP) is 2.21. The highest BCUT2D eigenvalue weighted by Gasteiger charge is 2.27. The number of halogens is 3. The van der Waals surface area contributed by atoms with Crippen molar-refractivity contribution in [2.75, 3.05) is 36.5 Å². The highest BCUT2D eigenvalue weighted by Crippen LogP contribution is 2.19. The standard InChI is InChI=1S/C15H20F3N3O3/c1-10-6-21(7-11(2)24-10)13-4-3-12(5-19-13)20-14(22)8-23-9-15(16,17)18/h3-5,10-11H,6-9H2,1-2H3,(H,20,22)/t10-,11-/m1/s1. The van der Waals surface area contributed by atoms with E-state index in [1.54, 1.807) is 12.1 Å². The molecule has 1 aromatic rings. The predicted molar refractivity (Wildman–Crippen MR) is 82.0 cm³/mol. The highest BCUT2D eigenvalue weighted by atomic mass is 19.4. The van der Waals surface area contributed by atoms with Crippen LogP contribution in [0.15, 0.2) is 18.3 Å². The second kappa shape index (κ2) is 7.80. The van der Waals surface area contributed by atoms with Crippen molar-refractivity contribution in [1.82, 2.24) is 4.98 Å². The van der Waals surface area contributed by atoms with Gasteiger partial charge in [-0.15, -0.1) is 0 Å². The lowest BCUT2D eigenvalue weighted by Gasteiger charge is -2.36. The zero-order valence-electron chi connectivity index (χ0n) is 13.5. The van der Waals surface area contributed by atoms with Crippen LogP contribution in [-0.4, -0.2) is 55.6 Å². The molecule has 0 saturated carbocycles. The smallest absolute Gasteiger partial charge is 0.372 e. The van der Waals surface area contributed by atoms with Gasteiger partial charge >= 0.3 is 6.18 Å². The number of aromatic nitrogens is 1. The number of nitrogens with zero attached hydrogens (tertiary/aromatic N) is 2. The lowest BCUT2D eigenvalue weighted by atomic mass is 10.2. The molecule has 1 N–H and O–H groups in total. The van der Waals surface area contributed by atoms with Crippen molar-refractivity contribution < 1.29 is 27.4 Å². The molecule has 0 aliphatic carbocycles. The van der Waals surface area contributed by atoms with Crippen molar-refractivity contribution in [3.05, 3.63) is 18.3 Å². The monoisotopic (exact) mass is 347 g/mol. The van der Waals surface area contributed by atoms with Gasteiger partial charge in [0.15, 0.2) is 0 Å². The Balaban J connectivity index is 1.84. The van der Waals surface area contributed by atoms with E-state index < -0.39 is 25.3 Å². The first-order valence-corrected chi connectivity index (χ1v) is 7.54. The Morgan fingerprint density at radius 2 is 2.04 bits per heavy atom. The summed E-state index contributed by atoms with van der Waals surface area (Å²) in [6.45, 7) is 3.28. The lowest BCUT2D eigenvalue weighted by molar-refractivity contribution is -0.174. The Morgan fingerprint density at radius 1 is 1.38 bits per heavy atom. The van der Waals surface area contributed by atoms with E-state index >= 15 is 0 Å². The molecular formula is C15H20F3N3O3. The zero-order valence-corrected chi connectivity index (χ0v) is 13.5. The summed E-state index contributed by atoms with van der Waals surface area (Å²) < 4.78 is 45.7. The number of hydrogen-bond donors (Lipinski definition) is 1. The molecule has 0 bridgehead atoms. The van der Waals surface area contributed by atoms with Crippen LogP contribution in [0.2, 0.25) is 0 Å². The Kier molecular flexibility index (Phi) is 6.00. The van der Waals surface area contributed by atoms with Crippen LogP contribution < -0.4 is 10.2 Å². The van der Waals surface area contributed by atoms with Crippen LogP contribution in [0.25, 0.3) is 0 Å². The van der Waals surface area contributed by atoms with Crippen molar-refractivity contribution in [1.29, 1.82) is 0 Å². The molecule has 0 spiro atoms. The highest BCUT2D eigenvalue weighted by molar-refractivity contribution is 5.91. The van der Waals surface area contributed by atoms with Gasteiger partial charge in [-0.3, -0.25) is 4.79 Å². The molecule has 2 rings (SSSR count). The van der Waals surface area contributed by atoms with Crippen LogP contribution in [0.1, 0.15) is 13.8 Å². The number of carbonyl (C=O) groups excluding carboxylic acids is 1. The van der Waals surface area contributed by atoms with Gasteiger partial charge in [0.1, 0.15) is 19.0 Å². The van der Waals surface area contributed by atoms with Gasteiger partial charge in [0, 0.05) is 13.1 Å². The molecule has 1 aromatic heterocycles. The fourth-order valence-electron chi connectivity index (χ4n) is 2.47. The number of carbonyl (C=O) groups is 1. The van der Waals surface area contributed by atoms with E-state index in [0.717, 1.165) is 5.82 Å². The maximum Gasteiger partial charge on any atom is 0.411 e. The van der Waals surface area contributed by atoms with Gasteiger partial charge in [0.25, 0.3) is 0 Å². The molecule has 1 aliphatic heterocycles. The number of alkyl halides is 3. The van der Waals surface area contributed by atoms with Gasteiger partial charge in [-0.1, -0.05) is 0 Å². The Hall–Kier alpha value is -1.87. The van der Waals surface area contributed by atoms with E-state index in [-0.39, 0.29) is 12.2 Å².